The Hall–Kier alpha value is -1.51. The van der Waals surface area contributed by atoms with Crippen molar-refractivity contribution >= 4 is 35.8 Å². The van der Waals surface area contributed by atoms with Crippen LogP contribution in [0.1, 0.15) is 45.1 Å². The molecule has 1 aromatic rings. The van der Waals surface area contributed by atoms with Gasteiger partial charge in [-0.25, -0.2) is 4.99 Å². The van der Waals surface area contributed by atoms with Crippen LogP contribution in [0.5, 0.6) is 5.75 Å². The van der Waals surface area contributed by atoms with Crippen LogP contribution in [0.4, 0.5) is 0 Å². The average Bonchev–Trinajstić information content (AvgIpc) is 2.66. The minimum atomic E-state index is 0. The molecule has 0 radical (unpaired) electrons. The van der Waals surface area contributed by atoms with Crippen LogP contribution in [0.2, 0.25) is 0 Å². The minimum Gasteiger partial charge on any atom is -0.497 e. The molecular weight excluding hydrogens is 455 g/mol. The molecule has 1 aliphatic heterocycles. The van der Waals surface area contributed by atoms with E-state index in [1.165, 1.54) is 6.42 Å². The Labute approximate surface area is 180 Å². The number of aliphatic imine (C=N–C) groups is 1. The van der Waals surface area contributed by atoms with Crippen LogP contribution < -0.4 is 15.4 Å². The predicted octanol–water partition coefficient (Wildman–Crippen LogP) is 3.16. The zero-order chi connectivity index (χ0) is 18.8. The van der Waals surface area contributed by atoms with Crippen molar-refractivity contribution in [1.29, 1.82) is 0 Å². The normalized spacial score (nSPS) is 17.1. The van der Waals surface area contributed by atoms with Crippen molar-refractivity contribution in [3.8, 4) is 5.75 Å². The van der Waals surface area contributed by atoms with Crippen molar-refractivity contribution in [2.75, 3.05) is 26.7 Å². The van der Waals surface area contributed by atoms with E-state index in [0.717, 1.165) is 43.2 Å². The summed E-state index contributed by atoms with van der Waals surface area (Å²) in [6.07, 6.45) is 3.95. The van der Waals surface area contributed by atoms with Gasteiger partial charge in [0.1, 0.15) is 5.75 Å². The molecule has 0 saturated carbocycles. The maximum atomic E-state index is 12.4. The molecule has 1 atom stereocenters. The van der Waals surface area contributed by atoms with E-state index in [1.807, 2.05) is 36.1 Å². The van der Waals surface area contributed by atoms with Crippen molar-refractivity contribution in [3.05, 3.63) is 29.8 Å². The van der Waals surface area contributed by atoms with Crippen LogP contribution in [0, 0.1) is 0 Å². The molecule has 27 heavy (non-hydrogen) atoms. The SMILES string of the molecule is CCNC(=NCc1cccc(OC)c1)NCCC(=O)N1CCCCC1C.I. The largest absolute Gasteiger partial charge is 0.497 e. The molecule has 0 aliphatic carbocycles. The van der Waals surface area contributed by atoms with Crippen LogP contribution in [0.25, 0.3) is 0 Å². The molecule has 2 rings (SSSR count). The second kappa shape index (κ2) is 12.8. The molecule has 7 heteroatoms. The second-order valence-electron chi connectivity index (χ2n) is 6.66. The van der Waals surface area contributed by atoms with Gasteiger partial charge in [-0.15, -0.1) is 24.0 Å². The van der Waals surface area contributed by atoms with Gasteiger partial charge in [0.25, 0.3) is 0 Å². The maximum Gasteiger partial charge on any atom is 0.224 e. The predicted molar refractivity (Wildman–Crippen MR) is 121 cm³/mol. The Bertz CT molecular complexity index is 609. The number of halogens is 1. The summed E-state index contributed by atoms with van der Waals surface area (Å²) in [6, 6.07) is 8.25. The number of benzene rings is 1. The quantitative estimate of drug-likeness (QED) is 0.352. The Kier molecular flexibility index (Phi) is 11.2. The summed E-state index contributed by atoms with van der Waals surface area (Å²) >= 11 is 0. The van der Waals surface area contributed by atoms with E-state index in [9.17, 15) is 4.79 Å². The highest BCUT2D eigenvalue weighted by Gasteiger charge is 2.22. The number of hydrogen-bond acceptors (Lipinski definition) is 3. The monoisotopic (exact) mass is 488 g/mol. The fraction of sp³-hybridized carbons (Fsp3) is 0.600. The Morgan fingerprint density at radius 2 is 2.15 bits per heavy atom. The number of amides is 1. The number of nitrogens with zero attached hydrogens (tertiary/aromatic N) is 2. The second-order valence-corrected chi connectivity index (χ2v) is 6.66. The van der Waals surface area contributed by atoms with E-state index >= 15 is 0 Å². The van der Waals surface area contributed by atoms with E-state index in [1.54, 1.807) is 7.11 Å². The first-order valence-corrected chi connectivity index (χ1v) is 9.58. The van der Waals surface area contributed by atoms with Crippen molar-refractivity contribution in [1.82, 2.24) is 15.5 Å². The van der Waals surface area contributed by atoms with Crippen molar-refractivity contribution in [3.63, 3.8) is 0 Å². The smallest absolute Gasteiger partial charge is 0.224 e. The molecule has 1 unspecified atom stereocenters. The van der Waals surface area contributed by atoms with Crippen LogP contribution in [0.15, 0.2) is 29.3 Å². The Balaban J connectivity index is 0.00000364. The van der Waals surface area contributed by atoms with Gasteiger partial charge in [-0.1, -0.05) is 12.1 Å². The molecule has 0 aromatic heterocycles. The van der Waals surface area contributed by atoms with E-state index in [2.05, 4.69) is 22.5 Å². The number of methoxy groups -OCH3 is 1. The lowest BCUT2D eigenvalue weighted by molar-refractivity contribution is -0.134. The Morgan fingerprint density at radius 3 is 2.85 bits per heavy atom. The first kappa shape index (κ1) is 23.5. The van der Waals surface area contributed by atoms with Crippen molar-refractivity contribution in [2.45, 2.75) is 52.1 Å². The summed E-state index contributed by atoms with van der Waals surface area (Å²) in [5.74, 6) is 1.79. The molecule has 1 amide bonds. The summed E-state index contributed by atoms with van der Waals surface area (Å²) in [5.41, 5.74) is 1.08. The molecule has 1 heterocycles. The lowest BCUT2D eigenvalue weighted by Gasteiger charge is -2.33. The summed E-state index contributed by atoms with van der Waals surface area (Å²) in [6.45, 7) is 6.99. The van der Waals surface area contributed by atoms with Gasteiger partial charge in [0.15, 0.2) is 5.96 Å². The molecule has 1 aromatic carbocycles. The molecule has 152 valence electrons. The summed E-state index contributed by atoms with van der Waals surface area (Å²) in [4.78, 5) is 19.0. The maximum absolute atomic E-state index is 12.4. The lowest BCUT2D eigenvalue weighted by Crippen LogP contribution is -2.44. The third kappa shape index (κ3) is 7.94. The van der Waals surface area contributed by atoms with E-state index in [0.29, 0.717) is 25.6 Å². The zero-order valence-corrected chi connectivity index (χ0v) is 19.0. The van der Waals surface area contributed by atoms with Gasteiger partial charge in [-0.3, -0.25) is 4.79 Å². The fourth-order valence-electron chi connectivity index (χ4n) is 3.18. The number of likely N-dealkylation sites (tertiary alicyclic amines) is 1. The number of guanidine groups is 1. The molecule has 0 spiro atoms. The number of carbonyl (C=O) groups excluding carboxylic acids is 1. The summed E-state index contributed by atoms with van der Waals surface area (Å²) in [7, 11) is 1.66. The molecule has 1 fully saturated rings. The number of rotatable bonds is 7. The summed E-state index contributed by atoms with van der Waals surface area (Å²) in [5, 5.41) is 6.49. The first-order chi connectivity index (χ1) is 12.6. The lowest BCUT2D eigenvalue weighted by atomic mass is 10.0. The van der Waals surface area contributed by atoms with Gasteiger partial charge >= 0.3 is 0 Å². The van der Waals surface area contributed by atoms with Gasteiger partial charge in [0.2, 0.25) is 5.91 Å². The highest BCUT2D eigenvalue weighted by molar-refractivity contribution is 14.0. The van der Waals surface area contributed by atoms with Crippen LogP contribution >= 0.6 is 24.0 Å². The van der Waals surface area contributed by atoms with Gasteiger partial charge < -0.3 is 20.3 Å². The number of hydrogen-bond donors (Lipinski definition) is 2. The highest BCUT2D eigenvalue weighted by atomic mass is 127. The number of nitrogens with one attached hydrogen (secondary N) is 2. The standard InChI is InChI=1S/C20H32N4O2.HI/c1-4-21-20(23-15-17-9-7-10-18(14-17)26-3)22-12-11-19(25)24-13-6-5-8-16(24)2;/h7,9-10,14,16H,4-6,8,11-13,15H2,1-3H3,(H2,21,22,23);1H. The van der Waals surface area contributed by atoms with Gasteiger partial charge in [-0.05, 0) is 50.8 Å². The zero-order valence-electron chi connectivity index (χ0n) is 16.7. The third-order valence-corrected chi connectivity index (χ3v) is 4.65. The Morgan fingerprint density at radius 1 is 1.33 bits per heavy atom. The fourth-order valence-corrected chi connectivity index (χ4v) is 3.18. The number of carbonyl (C=O) groups is 1. The van der Waals surface area contributed by atoms with Crippen LogP contribution in [-0.4, -0.2) is 49.6 Å². The molecule has 0 bridgehead atoms. The molecule has 1 saturated heterocycles. The van der Waals surface area contributed by atoms with Crippen LogP contribution in [0.3, 0.4) is 0 Å². The number of piperidine rings is 1. The van der Waals surface area contributed by atoms with E-state index < -0.39 is 0 Å². The van der Waals surface area contributed by atoms with Crippen molar-refractivity contribution in [2.24, 2.45) is 4.99 Å². The van der Waals surface area contributed by atoms with Gasteiger partial charge in [0, 0.05) is 32.1 Å². The third-order valence-electron chi connectivity index (χ3n) is 4.65. The minimum absolute atomic E-state index is 0. The topological polar surface area (TPSA) is 66.0 Å². The summed E-state index contributed by atoms with van der Waals surface area (Å²) < 4.78 is 5.24. The molecular formula is C20H33IN4O2. The molecule has 6 nitrogen and oxygen atoms in total. The average molecular weight is 488 g/mol. The van der Waals surface area contributed by atoms with Crippen molar-refractivity contribution < 1.29 is 9.53 Å². The first-order valence-electron chi connectivity index (χ1n) is 9.58. The van der Waals surface area contributed by atoms with E-state index in [4.69, 9.17) is 4.74 Å². The van der Waals surface area contributed by atoms with E-state index in [-0.39, 0.29) is 29.9 Å². The highest BCUT2D eigenvalue weighted by Crippen LogP contribution is 2.17. The molecule has 2 N–H and O–H groups in total. The van der Waals surface area contributed by atoms with Crippen LogP contribution in [-0.2, 0) is 11.3 Å². The molecule has 1 aliphatic rings. The van der Waals surface area contributed by atoms with Gasteiger partial charge in [-0.2, -0.15) is 0 Å². The number of ether oxygens (including phenoxy) is 1. The van der Waals surface area contributed by atoms with Gasteiger partial charge in [0.05, 0.1) is 13.7 Å².